The first-order valence-electron chi connectivity index (χ1n) is 7.76. The number of non-ortho nitro benzene ring substituents is 1. The molecule has 0 unspecified atom stereocenters. The van der Waals surface area contributed by atoms with Crippen molar-refractivity contribution in [3.63, 3.8) is 0 Å². The molecule has 8 heteroatoms. The Bertz CT molecular complexity index is 639. The van der Waals surface area contributed by atoms with E-state index in [4.69, 9.17) is 9.47 Å². The maximum atomic E-state index is 12.2. The third-order valence-corrected chi connectivity index (χ3v) is 4.00. The second-order valence-electron chi connectivity index (χ2n) is 5.69. The SMILES string of the molecule is COc1ccc([N+](=O)[O-])cc1NC(=O)[C@H](C)OC(=O)C1CCCC1. The maximum absolute atomic E-state index is 12.2. The number of hydrogen-bond acceptors (Lipinski definition) is 6. The maximum Gasteiger partial charge on any atom is 0.309 e. The molecule has 130 valence electrons. The lowest BCUT2D eigenvalue weighted by atomic mass is 10.1. The topological polar surface area (TPSA) is 108 Å². The molecule has 1 fully saturated rings. The van der Waals surface area contributed by atoms with E-state index in [1.54, 1.807) is 0 Å². The molecule has 1 N–H and O–H groups in total. The summed E-state index contributed by atoms with van der Waals surface area (Å²) < 4.78 is 10.3. The number of methoxy groups -OCH3 is 1. The first-order chi connectivity index (χ1) is 11.4. The molecule has 24 heavy (non-hydrogen) atoms. The van der Waals surface area contributed by atoms with Crippen LogP contribution in [0.4, 0.5) is 11.4 Å². The van der Waals surface area contributed by atoms with Crippen LogP contribution >= 0.6 is 0 Å². The number of esters is 1. The molecule has 0 bridgehead atoms. The van der Waals surface area contributed by atoms with Crippen molar-refractivity contribution in [1.29, 1.82) is 0 Å². The van der Waals surface area contributed by atoms with Crippen LogP contribution < -0.4 is 10.1 Å². The number of carbonyl (C=O) groups excluding carboxylic acids is 2. The van der Waals surface area contributed by atoms with E-state index in [1.807, 2.05) is 0 Å². The third kappa shape index (κ3) is 4.21. The number of hydrogen-bond donors (Lipinski definition) is 1. The van der Waals surface area contributed by atoms with Crippen LogP contribution in [0.3, 0.4) is 0 Å². The Balaban J connectivity index is 2.03. The van der Waals surface area contributed by atoms with Crippen LogP contribution in [0, 0.1) is 16.0 Å². The molecule has 1 aliphatic rings. The molecule has 1 saturated carbocycles. The van der Waals surface area contributed by atoms with E-state index in [1.165, 1.54) is 32.2 Å². The van der Waals surface area contributed by atoms with Crippen molar-refractivity contribution in [2.75, 3.05) is 12.4 Å². The van der Waals surface area contributed by atoms with Gasteiger partial charge in [-0.05, 0) is 25.8 Å². The van der Waals surface area contributed by atoms with Crippen molar-refractivity contribution in [2.45, 2.75) is 38.7 Å². The monoisotopic (exact) mass is 336 g/mol. The second kappa shape index (κ2) is 7.76. The minimum Gasteiger partial charge on any atom is -0.495 e. The van der Waals surface area contributed by atoms with E-state index in [0.717, 1.165) is 25.7 Å². The average molecular weight is 336 g/mol. The molecule has 1 aliphatic carbocycles. The summed E-state index contributed by atoms with van der Waals surface area (Å²) in [4.78, 5) is 34.4. The van der Waals surface area contributed by atoms with Crippen molar-refractivity contribution in [3.8, 4) is 5.75 Å². The number of carbonyl (C=O) groups is 2. The van der Waals surface area contributed by atoms with Gasteiger partial charge in [0, 0.05) is 12.1 Å². The van der Waals surface area contributed by atoms with Gasteiger partial charge in [-0.2, -0.15) is 0 Å². The molecular formula is C16H20N2O6. The Labute approximate surface area is 139 Å². The molecule has 0 saturated heterocycles. The van der Waals surface area contributed by atoms with Crippen molar-refractivity contribution in [1.82, 2.24) is 0 Å². The molecule has 1 amide bonds. The number of anilines is 1. The van der Waals surface area contributed by atoms with Gasteiger partial charge in [0.2, 0.25) is 0 Å². The normalized spacial score (nSPS) is 15.6. The molecule has 1 aromatic carbocycles. The van der Waals surface area contributed by atoms with Gasteiger partial charge in [0.15, 0.2) is 6.10 Å². The summed E-state index contributed by atoms with van der Waals surface area (Å²) in [5, 5.41) is 13.4. The molecule has 0 spiro atoms. The van der Waals surface area contributed by atoms with Gasteiger partial charge in [0.1, 0.15) is 5.75 Å². The second-order valence-corrected chi connectivity index (χ2v) is 5.69. The van der Waals surface area contributed by atoms with Crippen molar-refractivity contribution >= 4 is 23.3 Å². The molecule has 8 nitrogen and oxygen atoms in total. The fourth-order valence-electron chi connectivity index (χ4n) is 2.63. The quantitative estimate of drug-likeness (QED) is 0.486. The Morgan fingerprint density at radius 2 is 2.00 bits per heavy atom. The summed E-state index contributed by atoms with van der Waals surface area (Å²) in [6, 6.07) is 3.86. The van der Waals surface area contributed by atoms with Gasteiger partial charge in [0.25, 0.3) is 11.6 Å². The summed E-state index contributed by atoms with van der Waals surface area (Å²) in [7, 11) is 1.39. The zero-order chi connectivity index (χ0) is 17.7. The van der Waals surface area contributed by atoms with Crippen LogP contribution in [0.1, 0.15) is 32.6 Å². The van der Waals surface area contributed by atoms with E-state index >= 15 is 0 Å². The van der Waals surface area contributed by atoms with Crippen LogP contribution in [0.25, 0.3) is 0 Å². The zero-order valence-electron chi connectivity index (χ0n) is 13.6. The van der Waals surface area contributed by atoms with Crippen molar-refractivity contribution in [3.05, 3.63) is 28.3 Å². The van der Waals surface area contributed by atoms with Gasteiger partial charge >= 0.3 is 5.97 Å². The predicted octanol–water partition coefficient (Wildman–Crippen LogP) is 2.66. The molecule has 0 radical (unpaired) electrons. The van der Waals surface area contributed by atoms with Gasteiger partial charge in [-0.25, -0.2) is 0 Å². The van der Waals surface area contributed by atoms with E-state index in [0.29, 0.717) is 0 Å². The number of nitrogens with one attached hydrogen (secondary N) is 1. The van der Waals surface area contributed by atoms with E-state index in [-0.39, 0.29) is 29.0 Å². The van der Waals surface area contributed by atoms with Gasteiger partial charge in [-0.15, -0.1) is 0 Å². The van der Waals surface area contributed by atoms with Gasteiger partial charge < -0.3 is 14.8 Å². The zero-order valence-corrected chi connectivity index (χ0v) is 13.6. The molecule has 1 aromatic rings. The van der Waals surface area contributed by atoms with Crippen LogP contribution in [-0.4, -0.2) is 30.0 Å². The number of benzene rings is 1. The lowest BCUT2D eigenvalue weighted by Gasteiger charge is -2.17. The summed E-state index contributed by atoms with van der Waals surface area (Å²) in [5.74, 6) is -0.808. The lowest BCUT2D eigenvalue weighted by Crippen LogP contribution is -2.32. The summed E-state index contributed by atoms with van der Waals surface area (Å²) in [6.07, 6.45) is 2.55. The van der Waals surface area contributed by atoms with Gasteiger partial charge in [-0.1, -0.05) is 12.8 Å². The molecule has 2 rings (SSSR count). The Hall–Kier alpha value is -2.64. The minimum atomic E-state index is -0.998. The highest BCUT2D eigenvalue weighted by atomic mass is 16.6. The number of nitro groups is 1. The summed E-state index contributed by atoms with van der Waals surface area (Å²) in [5.41, 5.74) is -0.0258. The number of rotatable bonds is 6. The van der Waals surface area contributed by atoms with Crippen LogP contribution in [0.5, 0.6) is 5.75 Å². The Morgan fingerprint density at radius 1 is 1.33 bits per heavy atom. The highest BCUT2D eigenvalue weighted by molar-refractivity contribution is 5.96. The van der Waals surface area contributed by atoms with Gasteiger partial charge in [-0.3, -0.25) is 19.7 Å². The highest BCUT2D eigenvalue weighted by Crippen LogP contribution is 2.29. The van der Waals surface area contributed by atoms with Crippen LogP contribution in [0.15, 0.2) is 18.2 Å². The first kappa shape index (κ1) is 17.7. The smallest absolute Gasteiger partial charge is 0.309 e. The lowest BCUT2D eigenvalue weighted by molar-refractivity contribution is -0.384. The van der Waals surface area contributed by atoms with Crippen molar-refractivity contribution in [2.24, 2.45) is 5.92 Å². The number of amides is 1. The highest BCUT2D eigenvalue weighted by Gasteiger charge is 2.28. The third-order valence-electron chi connectivity index (χ3n) is 4.00. The van der Waals surface area contributed by atoms with E-state index in [2.05, 4.69) is 5.32 Å². The summed E-state index contributed by atoms with van der Waals surface area (Å²) in [6.45, 7) is 1.46. The predicted molar refractivity (Wildman–Crippen MR) is 85.8 cm³/mol. The van der Waals surface area contributed by atoms with E-state index < -0.39 is 16.9 Å². The molecular weight excluding hydrogens is 316 g/mol. The fraction of sp³-hybridized carbons (Fsp3) is 0.500. The molecule has 0 aliphatic heterocycles. The fourth-order valence-corrected chi connectivity index (χ4v) is 2.63. The average Bonchev–Trinajstić information content (AvgIpc) is 3.09. The van der Waals surface area contributed by atoms with Crippen LogP contribution in [0.2, 0.25) is 0 Å². The Morgan fingerprint density at radius 3 is 2.58 bits per heavy atom. The molecule has 0 heterocycles. The number of ether oxygens (including phenoxy) is 2. The van der Waals surface area contributed by atoms with Gasteiger partial charge in [0.05, 0.1) is 23.6 Å². The van der Waals surface area contributed by atoms with E-state index in [9.17, 15) is 19.7 Å². The van der Waals surface area contributed by atoms with Crippen molar-refractivity contribution < 1.29 is 24.0 Å². The Kier molecular flexibility index (Phi) is 5.73. The summed E-state index contributed by atoms with van der Waals surface area (Å²) >= 11 is 0. The number of nitro benzene ring substituents is 1. The van der Waals surface area contributed by atoms with Crippen LogP contribution in [-0.2, 0) is 14.3 Å². The molecule has 1 atom stereocenters. The first-order valence-corrected chi connectivity index (χ1v) is 7.76. The molecule has 0 aromatic heterocycles. The standard InChI is InChI=1S/C16H20N2O6/c1-10(24-16(20)11-5-3-4-6-11)15(19)17-13-9-12(18(21)22)7-8-14(13)23-2/h7-11H,3-6H2,1-2H3,(H,17,19)/t10-/m0/s1. The largest absolute Gasteiger partial charge is 0.495 e. The number of nitrogens with zero attached hydrogens (tertiary/aromatic N) is 1. The minimum absolute atomic E-state index is 0.146.